The van der Waals surface area contributed by atoms with Gasteiger partial charge in [0.1, 0.15) is 11.5 Å². The van der Waals surface area contributed by atoms with Crippen LogP contribution in [0.2, 0.25) is 5.02 Å². The average Bonchev–Trinajstić information content (AvgIpc) is 3.35. The first-order chi connectivity index (χ1) is 17.1. The normalized spacial score (nSPS) is 19.8. The number of carbonyl (C=O) groups is 1. The number of aromatic nitrogens is 3. The molecule has 3 heterocycles. The molecule has 36 heavy (non-hydrogen) atoms. The van der Waals surface area contributed by atoms with E-state index in [4.69, 9.17) is 21.4 Å². The van der Waals surface area contributed by atoms with Gasteiger partial charge in [-0.15, -0.1) is 0 Å². The van der Waals surface area contributed by atoms with Crippen molar-refractivity contribution in [2.75, 3.05) is 18.6 Å². The van der Waals surface area contributed by atoms with E-state index < -0.39 is 16.1 Å². The van der Waals surface area contributed by atoms with E-state index in [2.05, 4.69) is 10.3 Å². The number of ether oxygens (including phenoxy) is 1. The smallest absolute Gasteiger partial charge is 0.251 e. The topological polar surface area (TPSA) is 110 Å². The van der Waals surface area contributed by atoms with E-state index in [1.807, 2.05) is 6.92 Å². The zero-order chi connectivity index (χ0) is 25.7. The Labute approximate surface area is 213 Å². The molecular formula is C25H24ClFN4O4S. The number of pyridine rings is 1. The minimum atomic E-state index is -2.69. The molecule has 188 valence electrons. The molecule has 1 atom stereocenters. The van der Waals surface area contributed by atoms with Crippen LogP contribution in [0.5, 0.6) is 5.88 Å². The summed E-state index contributed by atoms with van der Waals surface area (Å²) < 4.78 is 40.6. The number of amides is 1. The van der Waals surface area contributed by atoms with Crippen LogP contribution in [0.25, 0.3) is 27.8 Å². The van der Waals surface area contributed by atoms with Crippen LogP contribution in [-0.4, -0.2) is 53.9 Å². The Morgan fingerprint density at radius 1 is 1.22 bits per heavy atom. The second-order valence-electron chi connectivity index (χ2n) is 9.09. The highest BCUT2D eigenvalue weighted by molar-refractivity contribution is 8.24. The lowest BCUT2D eigenvalue weighted by Gasteiger charge is -2.30. The summed E-state index contributed by atoms with van der Waals surface area (Å²) >= 11 is 6.46. The molecule has 1 aliphatic heterocycles. The van der Waals surface area contributed by atoms with E-state index >= 15 is 0 Å². The number of methoxy groups -OCH3 is 1. The predicted molar refractivity (Wildman–Crippen MR) is 139 cm³/mol. The summed E-state index contributed by atoms with van der Waals surface area (Å²) in [4.78, 5) is 17.3. The Morgan fingerprint density at radius 2 is 1.97 bits per heavy atom. The van der Waals surface area contributed by atoms with Gasteiger partial charge in [-0.05, 0) is 55.8 Å². The van der Waals surface area contributed by atoms with Gasteiger partial charge in [-0.25, -0.2) is 14.1 Å². The van der Waals surface area contributed by atoms with Gasteiger partial charge in [-0.3, -0.25) is 13.9 Å². The van der Waals surface area contributed by atoms with Crippen LogP contribution in [0.4, 0.5) is 4.39 Å². The number of rotatable bonds is 5. The quantitative estimate of drug-likeness (QED) is 0.313. The van der Waals surface area contributed by atoms with Crippen LogP contribution < -0.4 is 10.1 Å². The van der Waals surface area contributed by atoms with Gasteiger partial charge in [0, 0.05) is 28.3 Å². The number of halogens is 2. The van der Waals surface area contributed by atoms with E-state index in [0.29, 0.717) is 50.7 Å². The minimum absolute atomic E-state index is 0.119. The van der Waals surface area contributed by atoms with Gasteiger partial charge in [0.15, 0.2) is 0 Å². The molecule has 8 nitrogen and oxygen atoms in total. The van der Waals surface area contributed by atoms with Gasteiger partial charge < -0.3 is 10.1 Å². The first kappa shape index (κ1) is 24.5. The SMILES string of the molecule is COc1cc(-c2nn(-c3ccc(F)cc3)c3cc(C(=O)NC4(C)CCS(O)(O)C4)ccc23)c(Cl)cn1. The third-order valence-electron chi connectivity index (χ3n) is 6.25. The Balaban J connectivity index is 1.62. The molecule has 3 N–H and O–H groups in total. The van der Waals surface area contributed by atoms with Crippen molar-refractivity contribution in [1.29, 1.82) is 0 Å². The van der Waals surface area contributed by atoms with E-state index in [1.165, 1.54) is 25.4 Å². The van der Waals surface area contributed by atoms with E-state index in [9.17, 15) is 18.3 Å². The van der Waals surface area contributed by atoms with Crippen LogP contribution in [0.15, 0.2) is 54.7 Å². The highest BCUT2D eigenvalue weighted by atomic mass is 35.5. The number of carbonyl (C=O) groups excluding carboxylic acids is 1. The molecule has 0 radical (unpaired) electrons. The summed E-state index contributed by atoms with van der Waals surface area (Å²) in [6.45, 7) is 1.81. The van der Waals surface area contributed by atoms with Crippen molar-refractivity contribution in [3.05, 3.63) is 71.1 Å². The van der Waals surface area contributed by atoms with E-state index in [0.717, 1.165) is 0 Å². The average molecular weight is 531 g/mol. The fourth-order valence-corrected chi connectivity index (χ4v) is 6.79. The summed E-state index contributed by atoms with van der Waals surface area (Å²) in [6, 6.07) is 12.7. The summed E-state index contributed by atoms with van der Waals surface area (Å²) in [6.07, 6.45) is 1.95. The molecule has 4 aromatic rings. The van der Waals surface area contributed by atoms with Gasteiger partial charge in [-0.1, -0.05) is 11.6 Å². The lowest BCUT2D eigenvalue weighted by Crippen LogP contribution is -2.46. The molecule has 1 unspecified atom stereocenters. The van der Waals surface area contributed by atoms with Gasteiger partial charge in [0.05, 0.1) is 40.8 Å². The lowest BCUT2D eigenvalue weighted by atomic mass is 10.0. The molecule has 2 aromatic heterocycles. The molecule has 0 aliphatic carbocycles. The van der Waals surface area contributed by atoms with Gasteiger partial charge in [-0.2, -0.15) is 15.7 Å². The monoisotopic (exact) mass is 530 g/mol. The van der Waals surface area contributed by atoms with Crippen molar-refractivity contribution in [1.82, 2.24) is 20.1 Å². The van der Waals surface area contributed by atoms with Crippen molar-refractivity contribution in [3.8, 4) is 22.8 Å². The van der Waals surface area contributed by atoms with Crippen LogP contribution in [-0.2, 0) is 0 Å². The molecule has 1 saturated heterocycles. The molecule has 1 amide bonds. The third-order valence-corrected chi connectivity index (χ3v) is 8.51. The Kier molecular flexibility index (Phi) is 6.16. The standard InChI is InChI=1S/C25H24ClFN4O4S/c1-25(9-10-36(33,34)14-25)29-24(32)15-3-8-18-21(11-15)31(17-6-4-16(27)5-7-17)30-23(18)19-12-22(35-2)28-13-20(19)26/h3-8,11-13,33-34H,9-10,14H2,1-2H3,(H,29,32). The molecule has 0 bridgehead atoms. The zero-order valence-electron chi connectivity index (χ0n) is 19.5. The van der Waals surface area contributed by atoms with Crippen LogP contribution in [0.1, 0.15) is 23.7 Å². The zero-order valence-corrected chi connectivity index (χ0v) is 21.1. The van der Waals surface area contributed by atoms with Gasteiger partial charge in [0.25, 0.3) is 5.91 Å². The number of nitrogens with zero attached hydrogens (tertiary/aromatic N) is 3. The fraction of sp³-hybridized carbons (Fsp3) is 0.240. The van der Waals surface area contributed by atoms with Crippen LogP contribution in [0, 0.1) is 5.82 Å². The largest absolute Gasteiger partial charge is 0.481 e. The van der Waals surface area contributed by atoms with Crippen molar-refractivity contribution in [2.45, 2.75) is 18.9 Å². The summed E-state index contributed by atoms with van der Waals surface area (Å²) in [7, 11) is -1.18. The van der Waals surface area contributed by atoms with Gasteiger partial charge >= 0.3 is 0 Å². The first-order valence-corrected chi connectivity index (χ1v) is 13.4. The van der Waals surface area contributed by atoms with Crippen molar-refractivity contribution in [2.24, 2.45) is 0 Å². The Hall–Kier alpha value is -3.18. The molecule has 0 saturated carbocycles. The fourth-order valence-electron chi connectivity index (χ4n) is 4.43. The first-order valence-electron chi connectivity index (χ1n) is 11.1. The second kappa shape index (κ2) is 9.04. The van der Waals surface area contributed by atoms with Crippen molar-refractivity contribution in [3.63, 3.8) is 0 Å². The Bertz CT molecular complexity index is 1480. The molecule has 1 fully saturated rings. The van der Waals surface area contributed by atoms with Crippen molar-refractivity contribution < 1.29 is 23.0 Å². The molecule has 5 rings (SSSR count). The molecule has 0 spiro atoms. The van der Waals surface area contributed by atoms with Crippen molar-refractivity contribution >= 4 is 39.0 Å². The molecular weight excluding hydrogens is 507 g/mol. The maximum Gasteiger partial charge on any atom is 0.251 e. The predicted octanol–water partition coefficient (Wildman–Crippen LogP) is 5.53. The molecule has 1 aliphatic rings. The van der Waals surface area contributed by atoms with Crippen LogP contribution >= 0.6 is 22.2 Å². The van der Waals surface area contributed by atoms with Gasteiger partial charge in [0.2, 0.25) is 5.88 Å². The molecule has 2 aromatic carbocycles. The number of hydrogen-bond acceptors (Lipinski definition) is 6. The number of benzene rings is 2. The Morgan fingerprint density at radius 3 is 2.64 bits per heavy atom. The molecule has 11 heteroatoms. The number of nitrogens with one attached hydrogen (secondary N) is 1. The van der Waals surface area contributed by atoms with E-state index in [1.54, 1.807) is 41.1 Å². The number of fused-ring (bicyclic) bond motifs is 1. The second-order valence-corrected chi connectivity index (χ2v) is 11.8. The minimum Gasteiger partial charge on any atom is -0.481 e. The highest BCUT2D eigenvalue weighted by Gasteiger charge is 2.39. The maximum atomic E-state index is 13.6. The maximum absolute atomic E-state index is 13.6. The summed E-state index contributed by atoms with van der Waals surface area (Å²) in [5.41, 5.74) is 2.00. The summed E-state index contributed by atoms with van der Waals surface area (Å²) in [5.74, 6) is 0.0283. The number of hydrogen-bond donors (Lipinski definition) is 3. The van der Waals surface area contributed by atoms with E-state index in [-0.39, 0.29) is 23.2 Å². The summed E-state index contributed by atoms with van der Waals surface area (Å²) in [5, 5.41) is 8.81. The lowest BCUT2D eigenvalue weighted by molar-refractivity contribution is 0.0915. The highest BCUT2D eigenvalue weighted by Crippen LogP contribution is 2.50. The third kappa shape index (κ3) is 4.64. The van der Waals surface area contributed by atoms with Crippen LogP contribution in [0.3, 0.4) is 0 Å².